The molecule has 2 saturated heterocycles. The van der Waals surface area contributed by atoms with Gasteiger partial charge in [0.2, 0.25) is 0 Å². The first-order valence-electron chi connectivity index (χ1n) is 6.52. The molecular formula is C11H16ClN5O5. The Kier molecular flexibility index (Phi) is 4.78. The van der Waals surface area contributed by atoms with Crippen molar-refractivity contribution in [2.75, 3.05) is 13.7 Å². The van der Waals surface area contributed by atoms with Crippen LogP contribution in [-0.4, -0.2) is 65.1 Å². The van der Waals surface area contributed by atoms with Crippen LogP contribution in [0.3, 0.4) is 0 Å². The summed E-state index contributed by atoms with van der Waals surface area (Å²) >= 11 is 6.18. The molecule has 2 heterocycles. The highest BCUT2D eigenvalue weighted by molar-refractivity contribution is 6.36. The number of carbonyl (C=O) groups is 2. The number of hydrogen-bond acceptors (Lipinski definition) is 6. The molecule has 0 aromatic heterocycles. The van der Waals surface area contributed by atoms with Gasteiger partial charge in [-0.25, -0.2) is 4.79 Å². The highest BCUT2D eigenvalue weighted by atomic mass is 35.5. The number of nitrogens with zero attached hydrogens (tertiary/aromatic N) is 4. The lowest BCUT2D eigenvalue weighted by atomic mass is 10.0. The lowest BCUT2D eigenvalue weighted by Gasteiger charge is -2.44. The standard InChI is InChI=1S/C11H16ClN5O5/c1-11(12)8(19)14-10(20)17(9(11)21-2)7-3-5(15-16-13)6(4-18)22-7/h5-7,9,18H,3-4H2,1-2H3,(H,14,19,20)/t5?,6?,7?,9-,11+/m1/s1. The number of methoxy groups -OCH3 is 1. The molecule has 3 unspecified atom stereocenters. The molecule has 5 atom stereocenters. The minimum atomic E-state index is -1.50. The SMILES string of the molecule is CO[C@H]1N(C2CC(N=[N+]=[N-])C(CO)O2)C(=O)NC(=O)[C@]1(C)Cl. The highest BCUT2D eigenvalue weighted by Gasteiger charge is 2.54. The number of aliphatic hydroxyl groups is 1. The van der Waals surface area contributed by atoms with Crippen molar-refractivity contribution in [3.05, 3.63) is 10.4 Å². The first-order chi connectivity index (χ1) is 10.4. The summed E-state index contributed by atoms with van der Waals surface area (Å²) in [6.07, 6.45) is -2.50. The third-order valence-corrected chi connectivity index (χ3v) is 4.09. The molecule has 2 aliphatic rings. The van der Waals surface area contributed by atoms with E-state index in [2.05, 4.69) is 15.3 Å². The van der Waals surface area contributed by atoms with Gasteiger partial charge in [-0.2, -0.15) is 0 Å². The van der Waals surface area contributed by atoms with E-state index in [0.717, 1.165) is 4.90 Å². The van der Waals surface area contributed by atoms with Crippen molar-refractivity contribution in [2.24, 2.45) is 5.11 Å². The monoisotopic (exact) mass is 333 g/mol. The Bertz CT molecular complexity index is 523. The summed E-state index contributed by atoms with van der Waals surface area (Å²) in [6, 6.07) is -1.36. The molecule has 2 fully saturated rings. The first-order valence-corrected chi connectivity index (χ1v) is 6.90. The number of halogens is 1. The Morgan fingerprint density at radius 1 is 1.68 bits per heavy atom. The van der Waals surface area contributed by atoms with Crippen LogP contribution in [0.2, 0.25) is 0 Å². The number of hydrogen-bond donors (Lipinski definition) is 2. The van der Waals surface area contributed by atoms with E-state index in [1.807, 2.05) is 0 Å². The molecule has 0 aromatic rings. The number of nitrogens with one attached hydrogen (secondary N) is 1. The second-order valence-electron chi connectivity index (χ2n) is 5.15. The van der Waals surface area contributed by atoms with Crippen molar-refractivity contribution in [3.8, 4) is 0 Å². The largest absolute Gasteiger partial charge is 0.394 e. The normalized spacial score (nSPS) is 38.6. The lowest BCUT2D eigenvalue weighted by molar-refractivity contribution is -0.154. The van der Waals surface area contributed by atoms with Gasteiger partial charge in [-0.1, -0.05) is 5.11 Å². The first kappa shape index (κ1) is 16.8. The molecule has 0 radical (unpaired) electrons. The van der Waals surface area contributed by atoms with Gasteiger partial charge in [-0.15, -0.1) is 11.6 Å². The number of alkyl halides is 1. The summed E-state index contributed by atoms with van der Waals surface area (Å²) in [5, 5.41) is 14.9. The molecule has 0 bridgehead atoms. The predicted octanol–water partition coefficient (Wildman–Crippen LogP) is 0.294. The number of imide groups is 1. The number of ether oxygens (including phenoxy) is 2. The molecule has 11 heteroatoms. The van der Waals surface area contributed by atoms with Gasteiger partial charge in [0.05, 0.1) is 18.8 Å². The van der Waals surface area contributed by atoms with Gasteiger partial charge in [-0.3, -0.25) is 15.0 Å². The molecule has 22 heavy (non-hydrogen) atoms. The van der Waals surface area contributed by atoms with E-state index >= 15 is 0 Å². The van der Waals surface area contributed by atoms with Crippen LogP contribution in [0.1, 0.15) is 13.3 Å². The van der Waals surface area contributed by atoms with Gasteiger partial charge in [-0.05, 0) is 12.5 Å². The fraction of sp³-hybridized carbons (Fsp3) is 0.818. The zero-order chi connectivity index (χ0) is 16.5. The smallest absolute Gasteiger partial charge is 0.328 e. The van der Waals surface area contributed by atoms with Gasteiger partial charge in [0.1, 0.15) is 6.23 Å². The summed E-state index contributed by atoms with van der Waals surface area (Å²) in [5.74, 6) is -0.675. The van der Waals surface area contributed by atoms with Crippen LogP contribution in [0.5, 0.6) is 0 Å². The van der Waals surface area contributed by atoms with E-state index in [1.165, 1.54) is 14.0 Å². The lowest BCUT2D eigenvalue weighted by Crippen LogP contribution is -2.69. The molecule has 0 aliphatic carbocycles. The molecule has 3 amide bonds. The van der Waals surface area contributed by atoms with Crippen LogP contribution in [-0.2, 0) is 14.3 Å². The minimum Gasteiger partial charge on any atom is -0.394 e. The molecular weight excluding hydrogens is 318 g/mol. The van der Waals surface area contributed by atoms with Gasteiger partial charge in [0, 0.05) is 18.4 Å². The average Bonchev–Trinajstić information content (AvgIpc) is 2.85. The van der Waals surface area contributed by atoms with E-state index in [4.69, 9.17) is 26.6 Å². The third-order valence-electron chi connectivity index (χ3n) is 3.73. The highest BCUT2D eigenvalue weighted by Crippen LogP contribution is 2.34. The zero-order valence-electron chi connectivity index (χ0n) is 12.0. The number of aliphatic hydroxyl groups excluding tert-OH is 1. The van der Waals surface area contributed by atoms with E-state index in [9.17, 15) is 14.7 Å². The maximum Gasteiger partial charge on any atom is 0.328 e. The Hall–Kier alpha value is -1.58. The number of amides is 3. The van der Waals surface area contributed by atoms with Crippen molar-refractivity contribution < 1.29 is 24.2 Å². The Morgan fingerprint density at radius 3 is 2.91 bits per heavy atom. The fourth-order valence-corrected chi connectivity index (χ4v) is 2.86. The molecule has 10 nitrogen and oxygen atoms in total. The van der Waals surface area contributed by atoms with Crippen molar-refractivity contribution in [2.45, 2.75) is 42.8 Å². The van der Waals surface area contributed by atoms with Crippen LogP contribution in [0.4, 0.5) is 4.79 Å². The van der Waals surface area contributed by atoms with E-state index in [-0.39, 0.29) is 13.0 Å². The summed E-state index contributed by atoms with van der Waals surface area (Å²) in [5.41, 5.74) is 8.54. The Balaban J connectivity index is 2.28. The molecule has 2 aliphatic heterocycles. The zero-order valence-corrected chi connectivity index (χ0v) is 12.7. The maximum atomic E-state index is 12.1. The number of urea groups is 1. The quantitative estimate of drug-likeness (QED) is 0.330. The topological polar surface area (TPSA) is 137 Å². The second kappa shape index (κ2) is 6.27. The predicted molar refractivity (Wildman–Crippen MR) is 73.7 cm³/mol. The van der Waals surface area contributed by atoms with Crippen molar-refractivity contribution in [1.29, 1.82) is 0 Å². The van der Waals surface area contributed by atoms with Gasteiger partial charge >= 0.3 is 6.03 Å². The Morgan fingerprint density at radius 2 is 2.36 bits per heavy atom. The van der Waals surface area contributed by atoms with Crippen LogP contribution < -0.4 is 5.32 Å². The van der Waals surface area contributed by atoms with Crippen molar-refractivity contribution in [1.82, 2.24) is 10.2 Å². The minimum absolute atomic E-state index is 0.156. The van der Waals surface area contributed by atoms with Crippen LogP contribution in [0.15, 0.2) is 5.11 Å². The summed E-state index contributed by atoms with van der Waals surface area (Å²) < 4.78 is 10.7. The van der Waals surface area contributed by atoms with Gasteiger partial charge in [0.15, 0.2) is 11.1 Å². The third kappa shape index (κ3) is 2.71. The van der Waals surface area contributed by atoms with Gasteiger partial charge in [0.25, 0.3) is 5.91 Å². The van der Waals surface area contributed by atoms with E-state index in [1.54, 1.807) is 0 Å². The molecule has 2 rings (SSSR count). The molecule has 122 valence electrons. The fourth-order valence-electron chi connectivity index (χ4n) is 2.62. The summed E-state index contributed by atoms with van der Waals surface area (Å²) in [4.78, 5) is 26.3. The molecule has 0 saturated carbocycles. The number of azide groups is 1. The number of carbonyl (C=O) groups excluding carboxylic acids is 2. The van der Waals surface area contributed by atoms with Crippen LogP contribution in [0.25, 0.3) is 10.4 Å². The average molecular weight is 334 g/mol. The molecule has 0 spiro atoms. The van der Waals surface area contributed by atoms with E-state index in [0.29, 0.717) is 0 Å². The maximum absolute atomic E-state index is 12.1. The van der Waals surface area contributed by atoms with E-state index < -0.39 is 41.4 Å². The van der Waals surface area contributed by atoms with Crippen molar-refractivity contribution >= 4 is 23.5 Å². The van der Waals surface area contributed by atoms with Crippen molar-refractivity contribution in [3.63, 3.8) is 0 Å². The second-order valence-corrected chi connectivity index (χ2v) is 5.94. The summed E-state index contributed by atoms with van der Waals surface area (Å²) in [6.45, 7) is 1.05. The van der Waals surface area contributed by atoms with Gasteiger partial charge < -0.3 is 14.6 Å². The number of rotatable bonds is 4. The van der Waals surface area contributed by atoms with Crippen LogP contribution in [0, 0.1) is 0 Å². The van der Waals surface area contributed by atoms with Crippen LogP contribution >= 0.6 is 11.6 Å². The summed E-state index contributed by atoms with van der Waals surface area (Å²) in [7, 11) is 1.31. The molecule has 2 N–H and O–H groups in total. The Labute approximate surface area is 130 Å². The molecule has 0 aromatic carbocycles.